The fraction of sp³-hybridized carbons (Fsp3) is 0.273. The number of rotatable bonds is 4. The van der Waals surface area contributed by atoms with E-state index in [-0.39, 0.29) is 5.82 Å². The first-order valence-corrected chi connectivity index (χ1v) is 8.94. The zero-order valence-electron chi connectivity index (χ0n) is 14.4. The molecule has 1 aliphatic rings. The van der Waals surface area contributed by atoms with Crippen LogP contribution in [-0.4, -0.2) is 36.0 Å². The number of halogens is 1. The Balaban J connectivity index is 1.38. The van der Waals surface area contributed by atoms with Gasteiger partial charge in [-0.3, -0.25) is 9.80 Å². The fourth-order valence-corrected chi connectivity index (χ4v) is 3.64. The van der Waals surface area contributed by atoms with E-state index >= 15 is 0 Å². The highest BCUT2D eigenvalue weighted by Crippen LogP contribution is 2.21. The summed E-state index contributed by atoms with van der Waals surface area (Å²) in [6, 6.07) is 22.2. The quantitative estimate of drug-likeness (QED) is 0.702. The Bertz CT molecular complexity index is 848. The number of hydrogen-bond donors (Lipinski definition) is 0. The highest BCUT2D eigenvalue weighted by molar-refractivity contribution is 5.85. The molecular formula is C22H23FN2. The van der Waals surface area contributed by atoms with E-state index in [2.05, 4.69) is 52.3 Å². The van der Waals surface area contributed by atoms with Crippen molar-refractivity contribution in [1.82, 2.24) is 9.80 Å². The molecule has 0 aliphatic carbocycles. The van der Waals surface area contributed by atoms with E-state index in [1.165, 1.54) is 16.3 Å². The molecule has 1 aliphatic heterocycles. The third kappa shape index (κ3) is 3.73. The Labute approximate surface area is 148 Å². The second-order valence-corrected chi connectivity index (χ2v) is 6.78. The molecule has 0 spiro atoms. The highest BCUT2D eigenvalue weighted by atomic mass is 19.1. The summed E-state index contributed by atoms with van der Waals surface area (Å²) in [5.74, 6) is -0.0966. The molecule has 0 radical (unpaired) electrons. The maximum atomic E-state index is 13.8. The van der Waals surface area contributed by atoms with Crippen molar-refractivity contribution in [3.63, 3.8) is 0 Å². The van der Waals surface area contributed by atoms with Crippen molar-refractivity contribution in [3.8, 4) is 0 Å². The fourth-order valence-electron chi connectivity index (χ4n) is 3.64. The largest absolute Gasteiger partial charge is 0.297 e. The summed E-state index contributed by atoms with van der Waals surface area (Å²) in [5, 5.41) is 2.65. The lowest BCUT2D eigenvalue weighted by Gasteiger charge is -2.35. The van der Waals surface area contributed by atoms with Crippen LogP contribution in [0.4, 0.5) is 4.39 Å². The molecule has 0 amide bonds. The average Bonchev–Trinajstić information content (AvgIpc) is 2.65. The summed E-state index contributed by atoms with van der Waals surface area (Å²) in [5.41, 5.74) is 2.19. The van der Waals surface area contributed by atoms with E-state index in [0.29, 0.717) is 6.54 Å². The lowest BCUT2D eigenvalue weighted by atomic mass is 10.0. The van der Waals surface area contributed by atoms with Gasteiger partial charge in [0.15, 0.2) is 0 Å². The van der Waals surface area contributed by atoms with Crippen molar-refractivity contribution in [3.05, 3.63) is 83.7 Å². The molecule has 1 heterocycles. The molecule has 0 atom stereocenters. The zero-order valence-corrected chi connectivity index (χ0v) is 14.4. The maximum Gasteiger partial charge on any atom is 0.127 e. The van der Waals surface area contributed by atoms with Gasteiger partial charge in [0.2, 0.25) is 0 Å². The van der Waals surface area contributed by atoms with Crippen LogP contribution in [0.15, 0.2) is 66.7 Å². The molecule has 2 nitrogen and oxygen atoms in total. The van der Waals surface area contributed by atoms with Crippen LogP contribution in [0.25, 0.3) is 10.8 Å². The van der Waals surface area contributed by atoms with Crippen LogP contribution in [0.5, 0.6) is 0 Å². The van der Waals surface area contributed by atoms with Crippen molar-refractivity contribution in [1.29, 1.82) is 0 Å². The van der Waals surface area contributed by atoms with Crippen molar-refractivity contribution in [2.75, 3.05) is 26.2 Å². The van der Waals surface area contributed by atoms with E-state index in [9.17, 15) is 4.39 Å². The van der Waals surface area contributed by atoms with Gasteiger partial charge in [-0.2, -0.15) is 0 Å². The zero-order chi connectivity index (χ0) is 17.1. The molecule has 0 unspecified atom stereocenters. The highest BCUT2D eigenvalue weighted by Gasteiger charge is 2.18. The van der Waals surface area contributed by atoms with Crippen LogP contribution in [0.2, 0.25) is 0 Å². The Morgan fingerprint density at radius 3 is 1.96 bits per heavy atom. The first kappa shape index (κ1) is 16.2. The van der Waals surface area contributed by atoms with Gasteiger partial charge in [0, 0.05) is 44.8 Å². The van der Waals surface area contributed by atoms with E-state index in [1.54, 1.807) is 12.1 Å². The summed E-state index contributed by atoms with van der Waals surface area (Å²) in [6.07, 6.45) is 0. The maximum absolute atomic E-state index is 13.8. The normalized spacial score (nSPS) is 16.4. The molecule has 0 aromatic heterocycles. The van der Waals surface area contributed by atoms with Gasteiger partial charge in [0.05, 0.1) is 0 Å². The van der Waals surface area contributed by atoms with Crippen LogP contribution in [0, 0.1) is 5.82 Å². The van der Waals surface area contributed by atoms with Crippen LogP contribution in [0.1, 0.15) is 11.1 Å². The smallest absolute Gasteiger partial charge is 0.127 e. The third-order valence-electron chi connectivity index (χ3n) is 5.09. The minimum absolute atomic E-state index is 0.0966. The summed E-state index contributed by atoms with van der Waals surface area (Å²) in [7, 11) is 0. The molecule has 3 heteroatoms. The second kappa shape index (κ2) is 7.34. The van der Waals surface area contributed by atoms with Crippen LogP contribution in [-0.2, 0) is 13.1 Å². The van der Waals surface area contributed by atoms with Gasteiger partial charge in [0.1, 0.15) is 5.82 Å². The SMILES string of the molecule is Fc1ccccc1CN1CCN(Cc2cccc3ccccc23)CC1. The predicted octanol–water partition coefficient (Wildman–Crippen LogP) is 4.30. The minimum atomic E-state index is -0.0966. The van der Waals surface area contributed by atoms with Gasteiger partial charge in [-0.1, -0.05) is 60.7 Å². The first-order valence-electron chi connectivity index (χ1n) is 8.94. The molecule has 1 fully saturated rings. The molecule has 3 aromatic rings. The van der Waals surface area contributed by atoms with Gasteiger partial charge in [-0.25, -0.2) is 4.39 Å². The van der Waals surface area contributed by atoms with Crippen molar-refractivity contribution < 1.29 is 4.39 Å². The topological polar surface area (TPSA) is 6.48 Å². The number of benzene rings is 3. The molecule has 0 saturated carbocycles. The van der Waals surface area contributed by atoms with Gasteiger partial charge in [-0.05, 0) is 22.4 Å². The van der Waals surface area contributed by atoms with Crippen molar-refractivity contribution in [2.24, 2.45) is 0 Å². The standard InChI is InChI=1S/C22H23FN2/c23-22-11-4-2-7-20(22)17-25-14-12-24(13-15-25)16-19-9-5-8-18-6-1-3-10-21(18)19/h1-11H,12-17H2. The molecule has 0 bridgehead atoms. The van der Waals surface area contributed by atoms with Crippen LogP contribution < -0.4 is 0 Å². The van der Waals surface area contributed by atoms with Crippen molar-refractivity contribution >= 4 is 10.8 Å². The summed E-state index contributed by atoms with van der Waals surface area (Å²) < 4.78 is 13.8. The van der Waals surface area contributed by atoms with Gasteiger partial charge >= 0.3 is 0 Å². The predicted molar refractivity (Wildman–Crippen MR) is 101 cm³/mol. The van der Waals surface area contributed by atoms with E-state index in [4.69, 9.17) is 0 Å². The third-order valence-corrected chi connectivity index (χ3v) is 5.09. The van der Waals surface area contributed by atoms with Gasteiger partial charge < -0.3 is 0 Å². The molecule has 0 N–H and O–H groups in total. The monoisotopic (exact) mass is 334 g/mol. The number of hydrogen-bond acceptors (Lipinski definition) is 2. The Morgan fingerprint density at radius 2 is 1.20 bits per heavy atom. The van der Waals surface area contributed by atoms with Crippen LogP contribution >= 0.6 is 0 Å². The van der Waals surface area contributed by atoms with E-state index in [1.807, 2.05) is 12.1 Å². The molecule has 4 rings (SSSR count). The van der Waals surface area contributed by atoms with Gasteiger partial charge in [0.25, 0.3) is 0 Å². The number of fused-ring (bicyclic) bond motifs is 1. The van der Waals surface area contributed by atoms with Crippen LogP contribution in [0.3, 0.4) is 0 Å². The molecular weight excluding hydrogens is 311 g/mol. The second-order valence-electron chi connectivity index (χ2n) is 6.78. The lowest BCUT2D eigenvalue weighted by Crippen LogP contribution is -2.45. The summed E-state index contributed by atoms with van der Waals surface area (Å²) >= 11 is 0. The number of piperazine rings is 1. The number of nitrogens with zero attached hydrogens (tertiary/aromatic N) is 2. The minimum Gasteiger partial charge on any atom is -0.297 e. The molecule has 3 aromatic carbocycles. The van der Waals surface area contributed by atoms with E-state index < -0.39 is 0 Å². The molecule has 25 heavy (non-hydrogen) atoms. The first-order chi connectivity index (χ1) is 12.3. The molecule has 1 saturated heterocycles. The summed E-state index contributed by atoms with van der Waals surface area (Å²) in [4.78, 5) is 4.84. The van der Waals surface area contributed by atoms with E-state index in [0.717, 1.165) is 38.3 Å². The lowest BCUT2D eigenvalue weighted by molar-refractivity contribution is 0.121. The molecule has 128 valence electrons. The summed E-state index contributed by atoms with van der Waals surface area (Å²) in [6.45, 7) is 5.71. The Morgan fingerprint density at radius 1 is 0.640 bits per heavy atom. The van der Waals surface area contributed by atoms with Gasteiger partial charge in [-0.15, -0.1) is 0 Å². The average molecular weight is 334 g/mol. The Hall–Kier alpha value is -2.23. The van der Waals surface area contributed by atoms with Crippen molar-refractivity contribution in [2.45, 2.75) is 13.1 Å². The Kier molecular flexibility index (Phi) is 4.77.